The fraction of sp³-hybridized carbons (Fsp3) is 0.133. The van der Waals surface area contributed by atoms with Crippen LogP contribution in [-0.2, 0) is 0 Å². The lowest BCUT2D eigenvalue weighted by molar-refractivity contribution is 0.0931. The van der Waals surface area contributed by atoms with E-state index in [1.54, 1.807) is 42.5 Å². The summed E-state index contributed by atoms with van der Waals surface area (Å²) in [6.45, 7) is 3.77. The Hall–Kier alpha value is -2.16. The second-order valence-corrected chi connectivity index (χ2v) is 4.30. The number of carbonyl (C=O) groups excluding carboxylic acids is 1. The molecule has 1 amide bonds. The zero-order valence-electron chi connectivity index (χ0n) is 10.4. The van der Waals surface area contributed by atoms with Crippen LogP contribution in [-0.4, -0.2) is 5.91 Å². The first-order valence-corrected chi connectivity index (χ1v) is 5.71. The minimum Gasteiger partial charge on any atom is -0.266 e. The number of carbonyl (C=O) groups is 1. The summed E-state index contributed by atoms with van der Waals surface area (Å²) < 4.78 is 14.0. The second kappa shape index (κ2) is 5.00. The van der Waals surface area contributed by atoms with Crippen molar-refractivity contribution in [3.8, 4) is 0 Å². The number of para-hydroxylation sites is 1. The molecule has 0 atom stereocenters. The van der Waals surface area contributed by atoms with E-state index in [0.29, 0.717) is 5.56 Å². The van der Waals surface area contributed by atoms with Crippen molar-refractivity contribution in [1.82, 2.24) is 0 Å². The zero-order valence-corrected chi connectivity index (χ0v) is 10.4. The normalized spacial score (nSPS) is 10.2. The van der Waals surface area contributed by atoms with E-state index in [0.717, 1.165) is 11.1 Å². The van der Waals surface area contributed by atoms with Gasteiger partial charge in [-0.3, -0.25) is 4.79 Å². The molecule has 0 fully saturated rings. The van der Waals surface area contributed by atoms with E-state index in [4.69, 9.17) is 0 Å². The summed E-state index contributed by atoms with van der Waals surface area (Å²) in [4.78, 5) is 12.0. The molecule has 0 N–H and O–H groups in total. The molecule has 2 rings (SSSR count). The summed E-state index contributed by atoms with van der Waals surface area (Å²) >= 11 is 0. The van der Waals surface area contributed by atoms with E-state index < -0.39 is 5.91 Å². The Morgan fingerprint density at radius 3 is 2.11 bits per heavy atom. The maximum atomic E-state index is 14.0. The molecule has 0 saturated carbocycles. The van der Waals surface area contributed by atoms with Crippen molar-refractivity contribution in [3.63, 3.8) is 0 Å². The van der Waals surface area contributed by atoms with Gasteiger partial charge in [-0.15, -0.1) is 5.12 Å². The van der Waals surface area contributed by atoms with E-state index in [1.807, 2.05) is 19.9 Å². The lowest BCUT2D eigenvalue weighted by Crippen LogP contribution is -2.22. The van der Waals surface area contributed by atoms with Crippen molar-refractivity contribution in [3.05, 3.63) is 65.2 Å². The van der Waals surface area contributed by atoms with Gasteiger partial charge in [-0.2, -0.15) is 0 Å². The van der Waals surface area contributed by atoms with Gasteiger partial charge in [0.05, 0.1) is 5.69 Å². The first-order valence-electron chi connectivity index (χ1n) is 5.71. The molecule has 2 aromatic carbocycles. The van der Waals surface area contributed by atoms with Gasteiger partial charge in [0.25, 0.3) is 5.91 Å². The molecule has 0 bridgehead atoms. The Balaban J connectivity index is 2.31. The van der Waals surface area contributed by atoms with Gasteiger partial charge < -0.3 is 0 Å². The average molecular weight is 243 g/mol. The summed E-state index contributed by atoms with van der Waals surface area (Å²) in [6.07, 6.45) is 0. The monoisotopic (exact) mass is 243 g/mol. The third-order valence-corrected chi connectivity index (χ3v) is 2.63. The van der Waals surface area contributed by atoms with Crippen LogP contribution < -0.4 is 5.12 Å². The Morgan fingerprint density at radius 2 is 1.56 bits per heavy atom. The maximum absolute atomic E-state index is 14.0. The molecule has 0 aliphatic carbocycles. The van der Waals surface area contributed by atoms with Crippen molar-refractivity contribution >= 4 is 11.6 Å². The number of anilines is 1. The van der Waals surface area contributed by atoms with Gasteiger partial charge in [-0.1, -0.05) is 39.9 Å². The molecule has 92 valence electrons. The zero-order chi connectivity index (χ0) is 13.1. The predicted molar refractivity (Wildman–Crippen MR) is 70.3 cm³/mol. The first-order chi connectivity index (χ1) is 8.58. The molecule has 0 spiro atoms. The fourth-order valence-corrected chi connectivity index (χ4v) is 1.89. The molecule has 18 heavy (non-hydrogen) atoms. The third kappa shape index (κ3) is 2.56. The number of amides is 1. The molecule has 0 saturated heterocycles. The smallest absolute Gasteiger partial charge is 0.266 e. The first kappa shape index (κ1) is 12.3. The Labute approximate surface area is 106 Å². The van der Waals surface area contributed by atoms with Crippen LogP contribution in [0.2, 0.25) is 0 Å². The molecule has 0 heterocycles. The van der Waals surface area contributed by atoms with Crippen LogP contribution in [0.25, 0.3) is 0 Å². The molecular weight excluding hydrogens is 229 g/mol. The average Bonchev–Trinajstić information content (AvgIpc) is 2.37. The minimum atomic E-state index is -0.645. The van der Waals surface area contributed by atoms with Gasteiger partial charge >= 0.3 is 0 Å². The largest absolute Gasteiger partial charge is 0.286 e. The molecule has 0 radical (unpaired) electrons. The van der Waals surface area contributed by atoms with Crippen molar-refractivity contribution in [1.29, 1.82) is 0 Å². The van der Waals surface area contributed by atoms with E-state index >= 15 is 0 Å². The van der Waals surface area contributed by atoms with Gasteiger partial charge in [0.15, 0.2) is 0 Å². The van der Waals surface area contributed by atoms with Gasteiger partial charge in [-0.25, -0.2) is 0 Å². The minimum absolute atomic E-state index is 0.175. The predicted octanol–water partition coefficient (Wildman–Crippen LogP) is 3.83. The Kier molecular flexibility index (Phi) is 3.42. The summed E-state index contributed by atoms with van der Waals surface area (Å²) in [5, 5.41) is 0.175. The second-order valence-electron chi connectivity index (χ2n) is 4.30. The van der Waals surface area contributed by atoms with Crippen molar-refractivity contribution in [2.45, 2.75) is 13.8 Å². The van der Waals surface area contributed by atoms with Crippen LogP contribution in [0.1, 0.15) is 21.5 Å². The summed E-state index contributed by atoms with van der Waals surface area (Å²) in [5.74, 6) is -0.645. The van der Waals surface area contributed by atoms with Crippen LogP contribution in [0, 0.1) is 13.8 Å². The van der Waals surface area contributed by atoms with Crippen LogP contribution in [0.3, 0.4) is 0 Å². The van der Waals surface area contributed by atoms with Crippen molar-refractivity contribution < 1.29 is 9.28 Å². The molecular formula is C15H14FNO. The molecule has 0 unspecified atom stereocenters. The van der Waals surface area contributed by atoms with Crippen LogP contribution in [0.15, 0.2) is 48.5 Å². The summed E-state index contributed by atoms with van der Waals surface area (Å²) in [5.41, 5.74) is 2.49. The molecule has 3 heteroatoms. The highest BCUT2D eigenvalue weighted by atomic mass is 19.2. The molecule has 2 nitrogen and oxygen atoms in total. The SMILES string of the molecule is Cc1cc(C)cc(C(=O)N(F)c2ccccc2)c1. The Morgan fingerprint density at radius 1 is 1.00 bits per heavy atom. The fourth-order valence-electron chi connectivity index (χ4n) is 1.89. The van der Waals surface area contributed by atoms with E-state index in [9.17, 15) is 9.28 Å². The number of rotatable bonds is 2. The summed E-state index contributed by atoms with van der Waals surface area (Å²) in [7, 11) is 0. The van der Waals surface area contributed by atoms with Gasteiger partial charge in [0, 0.05) is 5.56 Å². The van der Waals surface area contributed by atoms with E-state index in [1.165, 1.54) is 0 Å². The number of aryl methyl sites for hydroxylation is 2. The van der Waals surface area contributed by atoms with Gasteiger partial charge in [0.1, 0.15) is 0 Å². The number of nitrogens with zero attached hydrogens (tertiary/aromatic N) is 1. The van der Waals surface area contributed by atoms with Gasteiger partial charge in [0.2, 0.25) is 0 Å². The standard InChI is InChI=1S/C15H14FNO/c1-11-8-12(2)10-13(9-11)15(18)17(16)14-6-4-3-5-7-14/h3-10H,1-2H3. The number of benzene rings is 2. The molecule has 0 aliphatic rings. The van der Waals surface area contributed by atoms with Crippen LogP contribution >= 0.6 is 0 Å². The molecule has 0 aromatic heterocycles. The molecule has 0 aliphatic heterocycles. The topological polar surface area (TPSA) is 20.3 Å². The van der Waals surface area contributed by atoms with E-state index in [-0.39, 0.29) is 10.8 Å². The van der Waals surface area contributed by atoms with Crippen LogP contribution in [0.4, 0.5) is 10.2 Å². The highest BCUT2D eigenvalue weighted by Crippen LogP contribution is 2.18. The quantitative estimate of drug-likeness (QED) is 0.734. The number of hydrogen-bond donors (Lipinski definition) is 0. The van der Waals surface area contributed by atoms with Crippen LogP contribution in [0.5, 0.6) is 0 Å². The molecule has 2 aromatic rings. The highest BCUT2D eigenvalue weighted by Gasteiger charge is 2.17. The van der Waals surface area contributed by atoms with Crippen molar-refractivity contribution in [2.75, 3.05) is 5.12 Å². The van der Waals surface area contributed by atoms with Crippen molar-refractivity contribution in [2.24, 2.45) is 0 Å². The number of hydrogen-bond acceptors (Lipinski definition) is 1. The lowest BCUT2D eigenvalue weighted by atomic mass is 10.1. The van der Waals surface area contributed by atoms with E-state index in [2.05, 4.69) is 0 Å². The maximum Gasteiger partial charge on any atom is 0.286 e. The number of halogens is 1. The Bertz CT molecular complexity index is 546. The highest BCUT2D eigenvalue weighted by molar-refractivity contribution is 6.04. The summed E-state index contributed by atoms with van der Waals surface area (Å²) in [6, 6.07) is 13.6. The third-order valence-electron chi connectivity index (χ3n) is 2.63. The van der Waals surface area contributed by atoms with Gasteiger partial charge in [-0.05, 0) is 38.1 Å². The lowest BCUT2D eigenvalue weighted by Gasteiger charge is -2.12.